The molecular formula is C23H31N3O3. The molecule has 1 N–H and O–H groups in total. The van der Waals surface area contributed by atoms with Gasteiger partial charge in [0.05, 0.1) is 6.54 Å². The first-order valence-corrected chi connectivity index (χ1v) is 10.6. The van der Waals surface area contributed by atoms with Gasteiger partial charge in [0.15, 0.2) is 11.5 Å². The van der Waals surface area contributed by atoms with Gasteiger partial charge in [0.2, 0.25) is 5.91 Å². The van der Waals surface area contributed by atoms with E-state index in [0.29, 0.717) is 31.3 Å². The van der Waals surface area contributed by atoms with E-state index < -0.39 is 0 Å². The van der Waals surface area contributed by atoms with E-state index in [4.69, 9.17) is 4.52 Å². The molecule has 1 aromatic heterocycles. The number of nitrogens with one attached hydrogen (secondary N) is 1. The fraction of sp³-hybridized carbons (Fsp3) is 0.522. The Labute approximate surface area is 172 Å². The van der Waals surface area contributed by atoms with Crippen LogP contribution in [0.3, 0.4) is 0 Å². The zero-order valence-corrected chi connectivity index (χ0v) is 17.4. The zero-order chi connectivity index (χ0) is 20.6. The van der Waals surface area contributed by atoms with Crippen molar-refractivity contribution in [2.75, 3.05) is 13.1 Å². The van der Waals surface area contributed by atoms with Gasteiger partial charge in [0, 0.05) is 25.1 Å². The Bertz CT molecular complexity index is 795. The first-order chi connectivity index (χ1) is 14.0. The Balaban J connectivity index is 1.65. The maximum Gasteiger partial charge on any atom is 0.273 e. The summed E-state index contributed by atoms with van der Waals surface area (Å²) in [5.74, 6) is 0.941. The van der Waals surface area contributed by atoms with Crippen LogP contribution in [0.2, 0.25) is 0 Å². The van der Waals surface area contributed by atoms with Gasteiger partial charge in [-0.15, -0.1) is 0 Å². The number of nitrogens with zero attached hydrogens (tertiary/aromatic N) is 2. The van der Waals surface area contributed by atoms with Crippen LogP contribution in [-0.2, 0) is 17.8 Å². The summed E-state index contributed by atoms with van der Waals surface area (Å²) in [7, 11) is 0. The summed E-state index contributed by atoms with van der Waals surface area (Å²) in [4.78, 5) is 27.1. The molecule has 0 bridgehead atoms. The third-order valence-corrected chi connectivity index (χ3v) is 5.34. The van der Waals surface area contributed by atoms with Crippen LogP contribution in [0.25, 0.3) is 0 Å². The lowest BCUT2D eigenvalue weighted by molar-refractivity contribution is -0.136. The molecular weight excluding hydrogens is 366 g/mol. The van der Waals surface area contributed by atoms with Crippen molar-refractivity contribution in [3.8, 4) is 0 Å². The second-order valence-corrected chi connectivity index (χ2v) is 8.26. The van der Waals surface area contributed by atoms with Crippen molar-refractivity contribution in [3.05, 3.63) is 53.4 Å². The monoisotopic (exact) mass is 397 g/mol. The molecule has 6 heteroatoms. The summed E-state index contributed by atoms with van der Waals surface area (Å²) in [6.45, 7) is 5.62. The molecule has 0 unspecified atom stereocenters. The van der Waals surface area contributed by atoms with Crippen LogP contribution in [0, 0.1) is 11.8 Å². The van der Waals surface area contributed by atoms with Crippen LogP contribution < -0.4 is 5.32 Å². The highest BCUT2D eigenvalue weighted by Gasteiger charge is 2.28. The molecule has 1 heterocycles. The molecule has 0 spiro atoms. The average Bonchev–Trinajstić information content (AvgIpc) is 3.41. The summed E-state index contributed by atoms with van der Waals surface area (Å²) in [5.41, 5.74) is 1.46. The highest BCUT2D eigenvalue weighted by atomic mass is 16.5. The Morgan fingerprint density at radius 3 is 2.62 bits per heavy atom. The van der Waals surface area contributed by atoms with Crippen molar-refractivity contribution in [1.82, 2.24) is 15.4 Å². The first kappa shape index (κ1) is 21.1. The number of rotatable bonds is 9. The van der Waals surface area contributed by atoms with Gasteiger partial charge >= 0.3 is 0 Å². The lowest BCUT2D eigenvalue weighted by Crippen LogP contribution is -2.36. The normalized spacial score (nSPS) is 14.3. The lowest BCUT2D eigenvalue weighted by atomic mass is 10.1. The van der Waals surface area contributed by atoms with Crippen LogP contribution in [0.1, 0.15) is 61.3 Å². The van der Waals surface area contributed by atoms with Crippen LogP contribution >= 0.6 is 0 Å². The molecule has 6 nitrogen and oxygen atoms in total. The SMILES string of the molecule is CC(C)CNC(=O)c1cc(CN(CCc2ccccc2)C(=O)C2CCCC2)on1. The number of carbonyl (C=O) groups excluding carboxylic acids is 2. The van der Waals surface area contributed by atoms with Gasteiger partial charge in [-0.1, -0.05) is 62.2 Å². The molecule has 1 fully saturated rings. The van der Waals surface area contributed by atoms with Gasteiger partial charge in [-0.05, 0) is 30.7 Å². The fourth-order valence-corrected chi connectivity index (χ4v) is 3.68. The van der Waals surface area contributed by atoms with Crippen LogP contribution in [0.15, 0.2) is 40.9 Å². The van der Waals surface area contributed by atoms with Gasteiger partial charge in [0.1, 0.15) is 0 Å². The Morgan fingerprint density at radius 2 is 1.93 bits per heavy atom. The summed E-state index contributed by atoms with van der Waals surface area (Å²) in [6, 6.07) is 11.8. The quantitative estimate of drug-likeness (QED) is 0.698. The molecule has 1 saturated carbocycles. The number of hydrogen-bond acceptors (Lipinski definition) is 4. The number of amides is 2. The summed E-state index contributed by atoms with van der Waals surface area (Å²) >= 11 is 0. The molecule has 0 aliphatic heterocycles. The predicted molar refractivity (Wildman–Crippen MR) is 111 cm³/mol. The smallest absolute Gasteiger partial charge is 0.273 e. The number of carbonyl (C=O) groups is 2. The summed E-state index contributed by atoms with van der Waals surface area (Å²) in [6.07, 6.45) is 4.94. The van der Waals surface area contributed by atoms with Crippen molar-refractivity contribution in [2.24, 2.45) is 11.8 Å². The molecule has 1 aliphatic rings. The fourth-order valence-electron chi connectivity index (χ4n) is 3.68. The maximum absolute atomic E-state index is 13.1. The van der Waals surface area contributed by atoms with Crippen LogP contribution in [0.5, 0.6) is 0 Å². The number of benzene rings is 1. The molecule has 29 heavy (non-hydrogen) atoms. The second kappa shape index (κ2) is 10.2. The molecule has 156 valence electrons. The summed E-state index contributed by atoms with van der Waals surface area (Å²) < 4.78 is 5.38. The molecule has 1 aliphatic carbocycles. The molecule has 2 amide bonds. The van der Waals surface area contributed by atoms with E-state index >= 15 is 0 Å². The molecule has 3 rings (SSSR count). The van der Waals surface area contributed by atoms with Gasteiger partial charge in [-0.2, -0.15) is 0 Å². The van der Waals surface area contributed by atoms with Crippen molar-refractivity contribution in [1.29, 1.82) is 0 Å². The molecule has 0 atom stereocenters. The van der Waals surface area contributed by atoms with Gasteiger partial charge in [-0.3, -0.25) is 9.59 Å². The minimum Gasteiger partial charge on any atom is -0.359 e. The average molecular weight is 398 g/mol. The van der Waals surface area contributed by atoms with Crippen molar-refractivity contribution < 1.29 is 14.1 Å². The number of aromatic nitrogens is 1. The van der Waals surface area contributed by atoms with E-state index in [1.165, 1.54) is 5.56 Å². The second-order valence-electron chi connectivity index (χ2n) is 8.26. The third-order valence-electron chi connectivity index (χ3n) is 5.34. The van der Waals surface area contributed by atoms with E-state index in [1.807, 2.05) is 36.9 Å². The summed E-state index contributed by atoms with van der Waals surface area (Å²) in [5, 5.41) is 6.73. The first-order valence-electron chi connectivity index (χ1n) is 10.6. The Morgan fingerprint density at radius 1 is 1.21 bits per heavy atom. The van der Waals surface area contributed by atoms with Gasteiger partial charge < -0.3 is 14.7 Å². The van der Waals surface area contributed by atoms with E-state index in [9.17, 15) is 9.59 Å². The van der Waals surface area contributed by atoms with Crippen LogP contribution in [0.4, 0.5) is 0 Å². The van der Waals surface area contributed by atoms with Crippen molar-refractivity contribution in [3.63, 3.8) is 0 Å². The van der Waals surface area contributed by atoms with Crippen molar-refractivity contribution >= 4 is 11.8 Å². The van der Waals surface area contributed by atoms with E-state index in [1.54, 1.807) is 6.07 Å². The number of hydrogen-bond donors (Lipinski definition) is 1. The predicted octanol–water partition coefficient (Wildman–Crippen LogP) is 3.82. The minimum atomic E-state index is -0.244. The third kappa shape index (κ3) is 6.17. The highest BCUT2D eigenvalue weighted by Crippen LogP contribution is 2.27. The topological polar surface area (TPSA) is 75.4 Å². The zero-order valence-electron chi connectivity index (χ0n) is 17.4. The molecule has 2 aromatic rings. The van der Waals surface area contributed by atoms with E-state index in [2.05, 4.69) is 22.6 Å². The van der Waals surface area contributed by atoms with Gasteiger partial charge in [-0.25, -0.2) is 0 Å². The van der Waals surface area contributed by atoms with Crippen LogP contribution in [-0.4, -0.2) is 35.0 Å². The maximum atomic E-state index is 13.1. The molecule has 0 radical (unpaired) electrons. The Hall–Kier alpha value is -2.63. The largest absolute Gasteiger partial charge is 0.359 e. The van der Waals surface area contributed by atoms with E-state index in [0.717, 1.165) is 32.1 Å². The molecule has 0 saturated heterocycles. The van der Waals surface area contributed by atoms with Crippen molar-refractivity contribution in [2.45, 2.75) is 52.5 Å². The highest BCUT2D eigenvalue weighted by molar-refractivity contribution is 5.92. The standard InChI is InChI=1S/C23H31N3O3/c1-17(2)15-24-22(27)21-14-20(29-25-21)16-26(23(28)19-10-6-7-11-19)13-12-18-8-4-3-5-9-18/h3-5,8-9,14,17,19H,6-7,10-13,15-16H2,1-2H3,(H,24,27). The Kier molecular flexibility index (Phi) is 7.44. The molecule has 1 aromatic carbocycles. The van der Waals surface area contributed by atoms with Gasteiger partial charge in [0.25, 0.3) is 5.91 Å². The minimum absolute atomic E-state index is 0.0995. The van der Waals surface area contributed by atoms with E-state index in [-0.39, 0.29) is 23.4 Å². The lowest BCUT2D eigenvalue weighted by Gasteiger charge is -2.24.